The Kier molecular flexibility index (Phi) is 5.00. The van der Waals surface area contributed by atoms with Crippen molar-refractivity contribution in [2.75, 3.05) is 18.5 Å². The predicted molar refractivity (Wildman–Crippen MR) is 78.8 cm³/mol. The van der Waals surface area contributed by atoms with Crippen LogP contribution in [0, 0.1) is 5.82 Å². The first kappa shape index (κ1) is 15.1. The van der Waals surface area contributed by atoms with Gasteiger partial charge in [0.05, 0.1) is 10.6 Å². The number of hydrogen-bond acceptors (Lipinski definition) is 3. The Morgan fingerprint density at radius 2 is 1.95 bits per heavy atom. The Morgan fingerprint density at radius 3 is 2.57 bits per heavy atom. The van der Waals surface area contributed by atoms with Gasteiger partial charge in [-0.15, -0.1) is 0 Å². The number of carbonyl (C=O) groups is 1. The molecule has 0 atom stereocenters. The number of anilines is 1. The van der Waals surface area contributed by atoms with E-state index in [2.05, 4.69) is 5.32 Å². The highest BCUT2D eigenvalue weighted by Crippen LogP contribution is 2.19. The second kappa shape index (κ2) is 6.95. The number of ether oxygens (including phenoxy) is 1. The van der Waals surface area contributed by atoms with Gasteiger partial charge in [0.15, 0.2) is 0 Å². The number of aromatic carboxylic acids is 1. The lowest BCUT2D eigenvalue weighted by Crippen LogP contribution is -2.11. The summed E-state index contributed by atoms with van der Waals surface area (Å²) >= 11 is 5.67. The molecule has 0 unspecified atom stereocenters. The standard InChI is InChI=1S/C15H13ClFNO3/c16-13-9-11(3-6-14(13)17)18-7-8-21-12-4-1-10(2-5-12)15(19)20/h1-6,9,18H,7-8H2,(H,19,20). The molecule has 0 aromatic heterocycles. The van der Waals surface area contributed by atoms with Crippen LogP contribution in [-0.4, -0.2) is 24.2 Å². The second-order valence-electron chi connectivity index (χ2n) is 4.23. The molecule has 0 amide bonds. The van der Waals surface area contributed by atoms with Crippen molar-refractivity contribution in [3.05, 3.63) is 58.9 Å². The molecule has 0 bridgehead atoms. The average Bonchev–Trinajstić information content (AvgIpc) is 2.47. The van der Waals surface area contributed by atoms with E-state index in [0.717, 1.165) is 0 Å². The van der Waals surface area contributed by atoms with Gasteiger partial charge in [0.25, 0.3) is 0 Å². The molecule has 2 aromatic carbocycles. The van der Waals surface area contributed by atoms with Crippen LogP contribution in [0.15, 0.2) is 42.5 Å². The van der Waals surface area contributed by atoms with Crippen LogP contribution >= 0.6 is 11.6 Å². The number of carboxylic acid groups (broad SMARTS) is 1. The fourth-order valence-electron chi connectivity index (χ4n) is 1.66. The Labute approximate surface area is 126 Å². The first-order valence-corrected chi connectivity index (χ1v) is 6.59. The zero-order valence-electron chi connectivity index (χ0n) is 11.0. The molecule has 0 spiro atoms. The Morgan fingerprint density at radius 1 is 1.24 bits per heavy atom. The van der Waals surface area contributed by atoms with E-state index in [4.69, 9.17) is 21.4 Å². The van der Waals surface area contributed by atoms with Gasteiger partial charge in [0, 0.05) is 12.2 Å². The van der Waals surface area contributed by atoms with Crippen molar-refractivity contribution in [2.45, 2.75) is 0 Å². The largest absolute Gasteiger partial charge is 0.492 e. The van der Waals surface area contributed by atoms with E-state index < -0.39 is 11.8 Å². The zero-order chi connectivity index (χ0) is 15.2. The summed E-state index contributed by atoms with van der Waals surface area (Å²) in [6.45, 7) is 0.879. The molecule has 0 aliphatic rings. The average molecular weight is 310 g/mol. The molecule has 2 N–H and O–H groups in total. The highest BCUT2D eigenvalue weighted by atomic mass is 35.5. The molecule has 110 valence electrons. The van der Waals surface area contributed by atoms with E-state index in [1.54, 1.807) is 18.2 Å². The summed E-state index contributed by atoms with van der Waals surface area (Å²) < 4.78 is 18.4. The molecule has 0 fully saturated rings. The van der Waals surface area contributed by atoms with Crippen LogP contribution in [0.1, 0.15) is 10.4 Å². The van der Waals surface area contributed by atoms with Gasteiger partial charge in [-0.1, -0.05) is 11.6 Å². The maximum atomic E-state index is 13.0. The second-order valence-corrected chi connectivity index (χ2v) is 4.64. The van der Waals surface area contributed by atoms with Crippen LogP contribution in [0.5, 0.6) is 5.75 Å². The van der Waals surface area contributed by atoms with E-state index in [1.165, 1.54) is 24.3 Å². The molecule has 0 aliphatic heterocycles. The predicted octanol–water partition coefficient (Wildman–Crippen LogP) is 3.67. The van der Waals surface area contributed by atoms with Gasteiger partial charge in [-0.05, 0) is 42.5 Å². The number of benzene rings is 2. The molecule has 0 aliphatic carbocycles. The van der Waals surface area contributed by atoms with Crippen LogP contribution in [0.2, 0.25) is 5.02 Å². The summed E-state index contributed by atoms with van der Waals surface area (Å²) in [4.78, 5) is 10.7. The van der Waals surface area contributed by atoms with Crippen molar-refractivity contribution in [1.82, 2.24) is 0 Å². The number of halogens is 2. The lowest BCUT2D eigenvalue weighted by atomic mass is 10.2. The number of rotatable bonds is 6. The molecule has 0 heterocycles. The molecule has 21 heavy (non-hydrogen) atoms. The molecular weight excluding hydrogens is 297 g/mol. The van der Waals surface area contributed by atoms with Crippen molar-refractivity contribution in [3.63, 3.8) is 0 Å². The minimum atomic E-state index is -0.976. The SMILES string of the molecule is O=C(O)c1ccc(OCCNc2ccc(F)c(Cl)c2)cc1. The van der Waals surface area contributed by atoms with Crippen LogP contribution < -0.4 is 10.1 Å². The Balaban J connectivity index is 1.79. The number of carboxylic acids is 1. The van der Waals surface area contributed by atoms with Gasteiger partial charge < -0.3 is 15.2 Å². The van der Waals surface area contributed by atoms with Crippen LogP contribution in [0.25, 0.3) is 0 Å². The first-order valence-electron chi connectivity index (χ1n) is 6.21. The van der Waals surface area contributed by atoms with E-state index in [9.17, 15) is 9.18 Å². The van der Waals surface area contributed by atoms with Crippen molar-refractivity contribution in [3.8, 4) is 5.75 Å². The molecule has 2 rings (SSSR count). The Hall–Kier alpha value is -2.27. The highest BCUT2D eigenvalue weighted by Gasteiger charge is 2.02. The Bertz CT molecular complexity index is 631. The molecule has 2 aromatic rings. The van der Waals surface area contributed by atoms with Crippen LogP contribution in [0.3, 0.4) is 0 Å². The molecule has 0 saturated carbocycles. The molecule has 4 nitrogen and oxygen atoms in total. The fraction of sp³-hybridized carbons (Fsp3) is 0.133. The van der Waals surface area contributed by atoms with Gasteiger partial charge >= 0.3 is 5.97 Å². The van der Waals surface area contributed by atoms with Gasteiger partial charge in [-0.2, -0.15) is 0 Å². The monoisotopic (exact) mass is 309 g/mol. The maximum Gasteiger partial charge on any atom is 0.335 e. The third-order valence-electron chi connectivity index (χ3n) is 2.72. The zero-order valence-corrected chi connectivity index (χ0v) is 11.7. The van der Waals surface area contributed by atoms with Crippen molar-refractivity contribution in [2.24, 2.45) is 0 Å². The summed E-state index contributed by atoms with van der Waals surface area (Å²) in [5.41, 5.74) is 0.910. The highest BCUT2D eigenvalue weighted by molar-refractivity contribution is 6.31. The first-order chi connectivity index (χ1) is 10.1. The summed E-state index contributed by atoms with van der Waals surface area (Å²) in [6, 6.07) is 10.5. The van der Waals surface area contributed by atoms with Crippen molar-refractivity contribution >= 4 is 23.3 Å². The minimum Gasteiger partial charge on any atom is -0.492 e. The number of nitrogens with one attached hydrogen (secondary N) is 1. The third kappa shape index (κ3) is 4.36. The van der Waals surface area contributed by atoms with Crippen molar-refractivity contribution < 1.29 is 19.0 Å². The van der Waals surface area contributed by atoms with E-state index in [-0.39, 0.29) is 10.6 Å². The fourth-order valence-corrected chi connectivity index (χ4v) is 1.84. The van der Waals surface area contributed by atoms with Gasteiger partial charge in [0.1, 0.15) is 18.2 Å². The molecule has 6 heteroatoms. The summed E-state index contributed by atoms with van der Waals surface area (Å²) in [5, 5.41) is 11.9. The smallest absolute Gasteiger partial charge is 0.335 e. The topological polar surface area (TPSA) is 58.6 Å². The van der Waals surface area contributed by atoms with Crippen LogP contribution in [0.4, 0.5) is 10.1 Å². The summed E-state index contributed by atoms with van der Waals surface area (Å²) in [6.07, 6.45) is 0. The lowest BCUT2D eigenvalue weighted by Gasteiger charge is -2.09. The summed E-state index contributed by atoms with van der Waals surface area (Å²) in [7, 11) is 0. The molecular formula is C15H13ClFNO3. The van der Waals surface area contributed by atoms with Crippen molar-refractivity contribution in [1.29, 1.82) is 0 Å². The molecule has 0 saturated heterocycles. The normalized spacial score (nSPS) is 10.2. The summed E-state index contributed by atoms with van der Waals surface area (Å²) in [5.74, 6) is -0.854. The maximum absolute atomic E-state index is 13.0. The quantitative estimate of drug-likeness (QED) is 0.799. The van der Waals surface area contributed by atoms with E-state index in [1.807, 2.05) is 0 Å². The minimum absolute atomic E-state index is 0.0603. The lowest BCUT2D eigenvalue weighted by molar-refractivity contribution is 0.0697. The van der Waals surface area contributed by atoms with Gasteiger partial charge in [-0.25, -0.2) is 9.18 Å². The van der Waals surface area contributed by atoms with E-state index >= 15 is 0 Å². The van der Waals surface area contributed by atoms with Gasteiger partial charge in [0.2, 0.25) is 0 Å². The van der Waals surface area contributed by atoms with E-state index in [0.29, 0.717) is 24.6 Å². The van der Waals surface area contributed by atoms with Gasteiger partial charge in [-0.3, -0.25) is 0 Å². The van der Waals surface area contributed by atoms with Crippen LogP contribution in [-0.2, 0) is 0 Å². The third-order valence-corrected chi connectivity index (χ3v) is 3.01. The molecule has 0 radical (unpaired) electrons. The number of hydrogen-bond donors (Lipinski definition) is 2.